The van der Waals surface area contributed by atoms with Crippen LogP contribution < -0.4 is 0 Å². The maximum absolute atomic E-state index is 12.7. The smallest absolute Gasteiger partial charge is 0.420 e. The minimum Gasteiger partial charge on any atom is -0.506 e. The molecule has 2 nitrogen and oxygen atoms in total. The number of aromatic hydroxyl groups is 1. The van der Waals surface area contributed by atoms with Crippen molar-refractivity contribution < 1.29 is 22.7 Å². The second kappa shape index (κ2) is 3.18. The van der Waals surface area contributed by atoms with Gasteiger partial charge < -0.3 is 5.11 Å². The van der Waals surface area contributed by atoms with E-state index in [0.29, 0.717) is 12.1 Å². The third-order valence-corrected chi connectivity index (χ3v) is 1.54. The lowest BCUT2D eigenvalue weighted by Crippen LogP contribution is -2.06. The van der Waals surface area contributed by atoms with Crippen molar-refractivity contribution in [1.29, 1.82) is 5.26 Å². The molecule has 1 rings (SSSR count). The van der Waals surface area contributed by atoms with Crippen molar-refractivity contribution in [3.8, 4) is 11.8 Å². The van der Waals surface area contributed by atoms with E-state index in [1.54, 1.807) is 0 Å². The molecule has 0 spiro atoms. The highest BCUT2D eigenvalue weighted by Gasteiger charge is 2.35. The molecular formula is C8H3F4NO. The molecule has 0 heterocycles. The number of hydrogen-bond acceptors (Lipinski definition) is 2. The monoisotopic (exact) mass is 205 g/mol. The summed E-state index contributed by atoms with van der Waals surface area (Å²) in [5.41, 5.74) is -2.42. The predicted molar refractivity (Wildman–Crippen MR) is 37.8 cm³/mol. The fourth-order valence-electron chi connectivity index (χ4n) is 0.902. The van der Waals surface area contributed by atoms with Crippen LogP contribution in [0.3, 0.4) is 0 Å². The summed E-state index contributed by atoms with van der Waals surface area (Å²) in [6.45, 7) is 0. The summed E-state index contributed by atoms with van der Waals surface area (Å²) in [5, 5.41) is 17.2. The molecule has 1 aromatic carbocycles. The van der Waals surface area contributed by atoms with E-state index in [9.17, 15) is 17.6 Å². The van der Waals surface area contributed by atoms with Crippen molar-refractivity contribution in [2.75, 3.05) is 0 Å². The maximum Gasteiger partial charge on any atom is 0.420 e. The SMILES string of the molecule is N#Cc1c(F)ccc(C(F)(F)F)c1O. The Bertz CT molecular complexity index is 405. The van der Waals surface area contributed by atoms with Gasteiger partial charge in [0.1, 0.15) is 23.2 Å². The van der Waals surface area contributed by atoms with Gasteiger partial charge >= 0.3 is 6.18 Å². The quantitative estimate of drug-likeness (QED) is 0.661. The number of phenols is 1. The Hall–Kier alpha value is -1.77. The lowest BCUT2D eigenvalue weighted by atomic mass is 10.1. The van der Waals surface area contributed by atoms with Gasteiger partial charge in [-0.05, 0) is 12.1 Å². The van der Waals surface area contributed by atoms with Gasteiger partial charge in [-0.25, -0.2) is 4.39 Å². The molecule has 0 atom stereocenters. The van der Waals surface area contributed by atoms with Gasteiger partial charge in [0.2, 0.25) is 0 Å². The van der Waals surface area contributed by atoms with Crippen LogP contribution in [-0.4, -0.2) is 5.11 Å². The highest BCUT2D eigenvalue weighted by atomic mass is 19.4. The van der Waals surface area contributed by atoms with Crippen molar-refractivity contribution >= 4 is 0 Å². The number of phenolic OH excluding ortho intramolecular Hbond substituents is 1. The summed E-state index contributed by atoms with van der Waals surface area (Å²) in [6, 6.07) is 2.02. The van der Waals surface area contributed by atoms with E-state index < -0.39 is 28.9 Å². The molecule has 0 saturated carbocycles. The van der Waals surface area contributed by atoms with E-state index >= 15 is 0 Å². The fourth-order valence-corrected chi connectivity index (χ4v) is 0.902. The molecule has 0 aromatic heterocycles. The first-order valence-corrected chi connectivity index (χ1v) is 3.36. The highest BCUT2D eigenvalue weighted by Crippen LogP contribution is 2.37. The number of benzene rings is 1. The van der Waals surface area contributed by atoms with E-state index in [2.05, 4.69) is 0 Å². The van der Waals surface area contributed by atoms with Gasteiger partial charge in [-0.3, -0.25) is 0 Å². The Morgan fingerprint density at radius 1 is 1.29 bits per heavy atom. The van der Waals surface area contributed by atoms with Crippen LogP contribution in [-0.2, 0) is 6.18 Å². The summed E-state index contributed by atoms with van der Waals surface area (Å²) in [4.78, 5) is 0. The molecule has 0 bridgehead atoms. The third-order valence-electron chi connectivity index (χ3n) is 1.54. The van der Waals surface area contributed by atoms with Crippen LogP contribution in [0.4, 0.5) is 17.6 Å². The molecule has 0 amide bonds. The average Bonchev–Trinajstić information content (AvgIpc) is 2.02. The molecule has 0 aliphatic carbocycles. The van der Waals surface area contributed by atoms with Gasteiger partial charge in [0.25, 0.3) is 0 Å². The number of hydrogen-bond donors (Lipinski definition) is 1. The Balaban J connectivity index is 3.46. The number of nitriles is 1. The zero-order valence-electron chi connectivity index (χ0n) is 6.56. The van der Waals surface area contributed by atoms with Gasteiger partial charge in [0.15, 0.2) is 0 Å². The predicted octanol–water partition coefficient (Wildman–Crippen LogP) is 2.42. The summed E-state index contributed by atoms with van der Waals surface area (Å²) < 4.78 is 49.0. The van der Waals surface area contributed by atoms with Crippen molar-refractivity contribution in [2.45, 2.75) is 6.18 Å². The molecule has 0 aliphatic heterocycles. The maximum atomic E-state index is 12.7. The molecule has 0 aliphatic rings. The van der Waals surface area contributed by atoms with E-state index in [1.165, 1.54) is 0 Å². The lowest BCUT2D eigenvalue weighted by molar-refractivity contribution is -0.138. The Kier molecular flexibility index (Phi) is 2.34. The van der Waals surface area contributed by atoms with Crippen LogP contribution in [0.1, 0.15) is 11.1 Å². The van der Waals surface area contributed by atoms with Crippen LogP contribution in [0.15, 0.2) is 12.1 Å². The molecule has 0 fully saturated rings. The minimum atomic E-state index is -4.80. The van der Waals surface area contributed by atoms with E-state index in [4.69, 9.17) is 10.4 Å². The van der Waals surface area contributed by atoms with Crippen molar-refractivity contribution in [2.24, 2.45) is 0 Å². The van der Waals surface area contributed by atoms with Crippen LogP contribution in [0.25, 0.3) is 0 Å². The number of halogens is 4. The molecule has 1 N–H and O–H groups in total. The summed E-state index contributed by atoms with van der Waals surface area (Å²) in [7, 11) is 0. The second-order valence-electron chi connectivity index (χ2n) is 2.43. The first-order valence-electron chi connectivity index (χ1n) is 3.36. The van der Waals surface area contributed by atoms with Gasteiger partial charge in [0, 0.05) is 0 Å². The second-order valence-corrected chi connectivity index (χ2v) is 2.43. The Morgan fingerprint density at radius 3 is 2.29 bits per heavy atom. The summed E-state index contributed by atoms with van der Waals surface area (Å²) in [5.74, 6) is -2.56. The Labute approximate surface area is 76.0 Å². The summed E-state index contributed by atoms with van der Waals surface area (Å²) >= 11 is 0. The van der Waals surface area contributed by atoms with Crippen molar-refractivity contribution in [1.82, 2.24) is 0 Å². The van der Waals surface area contributed by atoms with E-state index in [0.717, 1.165) is 6.07 Å². The molecule has 0 unspecified atom stereocenters. The van der Waals surface area contributed by atoms with Crippen LogP contribution in [0.5, 0.6) is 5.75 Å². The standard InChI is InChI=1S/C8H3F4NO/c9-6-2-1-5(8(10,11)12)7(14)4(6)3-13/h1-2,14H. The topological polar surface area (TPSA) is 44.0 Å². The van der Waals surface area contributed by atoms with E-state index in [-0.39, 0.29) is 0 Å². The van der Waals surface area contributed by atoms with Crippen molar-refractivity contribution in [3.05, 3.63) is 29.1 Å². The van der Waals surface area contributed by atoms with Gasteiger partial charge in [0.05, 0.1) is 5.56 Å². The van der Waals surface area contributed by atoms with Gasteiger partial charge in [-0.15, -0.1) is 0 Å². The molecule has 1 aromatic rings. The van der Waals surface area contributed by atoms with E-state index in [1.807, 2.05) is 0 Å². The first kappa shape index (κ1) is 10.3. The number of alkyl halides is 3. The largest absolute Gasteiger partial charge is 0.506 e. The molecule has 14 heavy (non-hydrogen) atoms. The lowest BCUT2D eigenvalue weighted by Gasteiger charge is -2.09. The van der Waals surface area contributed by atoms with Crippen LogP contribution >= 0.6 is 0 Å². The number of nitrogens with zero attached hydrogens (tertiary/aromatic N) is 1. The highest BCUT2D eigenvalue weighted by molar-refractivity contribution is 5.49. The van der Waals surface area contributed by atoms with Crippen LogP contribution in [0.2, 0.25) is 0 Å². The Morgan fingerprint density at radius 2 is 1.86 bits per heavy atom. The third kappa shape index (κ3) is 1.62. The molecule has 0 saturated heterocycles. The average molecular weight is 205 g/mol. The zero-order chi connectivity index (χ0) is 10.9. The van der Waals surface area contributed by atoms with Crippen LogP contribution in [0, 0.1) is 17.1 Å². The van der Waals surface area contributed by atoms with Gasteiger partial charge in [-0.1, -0.05) is 0 Å². The van der Waals surface area contributed by atoms with Gasteiger partial charge in [-0.2, -0.15) is 18.4 Å². The molecule has 6 heteroatoms. The molecule has 74 valence electrons. The summed E-state index contributed by atoms with van der Waals surface area (Å²) in [6.07, 6.45) is -4.80. The minimum absolute atomic E-state index is 0.380. The number of rotatable bonds is 0. The molecular weight excluding hydrogens is 202 g/mol. The first-order chi connectivity index (χ1) is 6.38. The van der Waals surface area contributed by atoms with Crippen molar-refractivity contribution in [3.63, 3.8) is 0 Å². The fraction of sp³-hybridized carbons (Fsp3) is 0.125. The normalized spacial score (nSPS) is 11.1. The molecule has 0 radical (unpaired) electrons. The zero-order valence-corrected chi connectivity index (χ0v) is 6.56.